The number of carbonyl (C=O) groups is 2. The van der Waals surface area contributed by atoms with E-state index in [9.17, 15) is 9.59 Å². The van der Waals surface area contributed by atoms with E-state index in [4.69, 9.17) is 0 Å². The molecule has 7 heteroatoms. The molecule has 0 unspecified atom stereocenters. The minimum Gasteiger partial charge on any atom is -0.352 e. The number of benzene rings is 2. The van der Waals surface area contributed by atoms with E-state index in [0.717, 1.165) is 40.5 Å². The predicted octanol–water partition coefficient (Wildman–Crippen LogP) is 4.36. The van der Waals surface area contributed by atoms with Crippen molar-refractivity contribution in [1.82, 2.24) is 15.1 Å². The van der Waals surface area contributed by atoms with Crippen molar-refractivity contribution in [1.29, 1.82) is 0 Å². The van der Waals surface area contributed by atoms with Gasteiger partial charge in [0, 0.05) is 29.4 Å². The lowest BCUT2D eigenvalue weighted by molar-refractivity contribution is -0.113. The zero-order valence-electron chi connectivity index (χ0n) is 18.1. The number of carbonyl (C=O) groups excluding carboxylic acids is 2. The topological polar surface area (TPSA) is 76.0 Å². The molecule has 162 valence electrons. The first-order valence-corrected chi connectivity index (χ1v) is 11.3. The number of thioether (sulfide) groups is 1. The van der Waals surface area contributed by atoms with Gasteiger partial charge in [0.15, 0.2) is 0 Å². The van der Waals surface area contributed by atoms with Crippen molar-refractivity contribution < 1.29 is 9.59 Å². The number of rotatable bonds is 9. The Morgan fingerprint density at radius 3 is 2.48 bits per heavy atom. The van der Waals surface area contributed by atoms with Crippen LogP contribution < -0.4 is 10.6 Å². The van der Waals surface area contributed by atoms with Crippen LogP contribution in [0.15, 0.2) is 59.5 Å². The maximum absolute atomic E-state index is 12.7. The molecule has 0 aliphatic heterocycles. The summed E-state index contributed by atoms with van der Waals surface area (Å²) in [5.74, 6) is 0.000165. The summed E-state index contributed by atoms with van der Waals surface area (Å²) >= 11 is 1.36. The van der Waals surface area contributed by atoms with Gasteiger partial charge in [-0.15, -0.1) is 11.8 Å². The maximum Gasteiger partial charge on any atom is 0.252 e. The Kier molecular flexibility index (Phi) is 7.89. The number of amides is 2. The van der Waals surface area contributed by atoms with E-state index in [2.05, 4.69) is 15.7 Å². The van der Waals surface area contributed by atoms with Gasteiger partial charge >= 0.3 is 0 Å². The number of hydrogen-bond acceptors (Lipinski definition) is 4. The van der Waals surface area contributed by atoms with Crippen LogP contribution in [0.2, 0.25) is 0 Å². The lowest BCUT2D eigenvalue weighted by Crippen LogP contribution is -2.26. The Labute approximate surface area is 187 Å². The summed E-state index contributed by atoms with van der Waals surface area (Å²) in [6.07, 6.45) is 0.794. The van der Waals surface area contributed by atoms with E-state index in [0.29, 0.717) is 12.1 Å². The highest BCUT2D eigenvalue weighted by molar-refractivity contribution is 8.00. The number of aromatic nitrogens is 2. The molecule has 31 heavy (non-hydrogen) atoms. The molecule has 0 aliphatic carbocycles. The third-order valence-electron chi connectivity index (χ3n) is 4.76. The Hall–Kier alpha value is -3.06. The van der Waals surface area contributed by atoms with Gasteiger partial charge in [-0.3, -0.25) is 14.3 Å². The smallest absolute Gasteiger partial charge is 0.252 e. The molecule has 1 aromatic heterocycles. The summed E-state index contributed by atoms with van der Waals surface area (Å²) in [7, 11) is 0. The lowest BCUT2D eigenvalue weighted by Gasteiger charge is -2.11. The molecule has 0 bridgehead atoms. The molecule has 6 nitrogen and oxygen atoms in total. The Bertz CT molecular complexity index is 1040. The summed E-state index contributed by atoms with van der Waals surface area (Å²) in [6, 6.07) is 17.1. The van der Waals surface area contributed by atoms with Crippen LogP contribution in [0.4, 0.5) is 5.69 Å². The van der Waals surface area contributed by atoms with Crippen molar-refractivity contribution in [3.8, 4) is 0 Å². The molecule has 0 aliphatic rings. The van der Waals surface area contributed by atoms with Crippen LogP contribution in [0.1, 0.15) is 33.7 Å². The number of anilines is 1. The standard InChI is InChI=1S/C24H28N4O2S/c1-17-9-11-20(12-10-17)26-23(29)16-31-22-8-5-4-7-21(22)24(30)25-13-6-14-28-19(3)15-18(2)27-28/h4-5,7-12,15H,6,13-14,16H2,1-3H3,(H,25,30)(H,26,29). The van der Waals surface area contributed by atoms with Gasteiger partial charge in [-0.25, -0.2) is 0 Å². The SMILES string of the molecule is Cc1ccc(NC(=O)CSc2ccccc2C(=O)NCCCn2nc(C)cc2C)cc1. The van der Waals surface area contributed by atoms with Crippen LogP contribution in [0.3, 0.4) is 0 Å². The molecule has 0 saturated carbocycles. The third-order valence-corrected chi connectivity index (χ3v) is 5.83. The van der Waals surface area contributed by atoms with Gasteiger partial charge in [0.25, 0.3) is 5.91 Å². The molecule has 2 amide bonds. The third kappa shape index (κ3) is 6.72. The van der Waals surface area contributed by atoms with E-state index in [1.807, 2.05) is 74.0 Å². The average molecular weight is 437 g/mol. The van der Waals surface area contributed by atoms with Crippen LogP contribution >= 0.6 is 11.8 Å². The Balaban J connectivity index is 1.49. The van der Waals surface area contributed by atoms with Gasteiger partial charge in [0.05, 0.1) is 17.0 Å². The number of nitrogens with zero attached hydrogens (tertiary/aromatic N) is 2. The van der Waals surface area contributed by atoms with Crippen LogP contribution in [-0.2, 0) is 11.3 Å². The van der Waals surface area contributed by atoms with Gasteiger partial charge in [0.1, 0.15) is 0 Å². The van der Waals surface area contributed by atoms with Crippen LogP contribution in [0, 0.1) is 20.8 Å². The van der Waals surface area contributed by atoms with E-state index in [1.54, 1.807) is 6.07 Å². The summed E-state index contributed by atoms with van der Waals surface area (Å²) in [5.41, 5.74) is 4.61. The molecule has 0 spiro atoms. The van der Waals surface area contributed by atoms with Crippen molar-refractivity contribution in [3.63, 3.8) is 0 Å². The second kappa shape index (κ2) is 10.8. The average Bonchev–Trinajstić information content (AvgIpc) is 3.08. The van der Waals surface area contributed by atoms with Crippen LogP contribution in [0.5, 0.6) is 0 Å². The van der Waals surface area contributed by atoms with Gasteiger partial charge in [-0.1, -0.05) is 29.8 Å². The highest BCUT2D eigenvalue weighted by Gasteiger charge is 2.13. The minimum absolute atomic E-state index is 0.103. The summed E-state index contributed by atoms with van der Waals surface area (Å²) in [6.45, 7) is 7.32. The van der Waals surface area contributed by atoms with Crippen LogP contribution in [0.25, 0.3) is 0 Å². The fourth-order valence-corrected chi connectivity index (χ4v) is 4.03. The second-order valence-corrected chi connectivity index (χ2v) is 8.48. The zero-order valence-corrected chi connectivity index (χ0v) is 19.0. The molecule has 0 atom stereocenters. The highest BCUT2D eigenvalue weighted by atomic mass is 32.2. The zero-order chi connectivity index (χ0) is 22.2. The molecule has 0 radical (unpaired) electrons. The fourth-order valence-electron chi connectivity index (χ4n) is 3.18. The van der Waals surface area contributed by atoms with Crippen LogP contribution in [-0.4, -0.2) is 33.9 Å². The maximum atomic E-state index is 12.7. The fraction of sp³-hybridized carbons (Fsp3) is 0.292. The van der Waals surface area contributed by atoms with Gasteiger partial charge in [-0.2, -0.15) is 5.10 Å². The minimum atomic E-state index is -0.129. The van der Waals surface area contributed by atoms with Crippen molar-refractivity contribution in [2.75, 3.05) is 17.6 Å². The normalized spacial score (nSPS) is 10.7. The second-order valence-electron chi connectivity index (χ2n) is 7.46. The molecule has 2 N–H and O–H groups in total. The first-order chi connectivity index (χ1) is 14.9. The van der Waals surface area contributed by atoms with Crippen molar-refractivity contribution in [2.24, 2.45) is 0 Å². The molecule has 0 saturated heterocycles. The van der Waals surface area contributed by atoms with Crippen molar-refractivity contribution in [3.05, 3.63) is 77.1 Å². The van der Waals surface area contributed by atoms with E-state index in [1.165, 1.54) is 11.8 Å². The summed E-state index contributed by atoms with van der Waals surface area (Å²) in [4.78, 5) is 25.7. The number of hydrogen-bond donors (Lipinski definition) is 2. The van der Waals surface area contributed by atoms with E-state index < -0.39 is 0 Å². The molecular weight excluding hydrogens is 408 g/mol. The molecule has 2 aromatic carbocycles. The Morgan fingerprint density at radius 2 is 1.77 bits per heavy atom. The molecule has 3 aromatic rings. The molecular formula is C24H28N4O2S. The van der Waals surface area contributed by atoms with Crippen molar-refractivity contribution in [2.45, 2.75) is 38.6 Å². The summed E-state index contributed by atoms with van der Waals surface area (Å²) < 4.78 is 1.96. The largest absolute Gasteiger partial charge is 0.352 e. The summed E-state index contributed by atoms with van der Waals surface area (Å²) in [5, 5.41) is 10.3. The highest BCUT2D eigenvalue weighted by Crippen LogP contribution is 2.23. The monoisotopic (exact) mass is 436 g/mol. The molecule has 3 rings (SSSR count). The predicted molar refractivity (Wildman–Crippen MR) is 126 cm³/mol. The van der Waals surface area contributed by atoms with E-state index in [-0.39, 0.29) is 17.6 Å². The van der Waals surface area contributed by atoms with E-state index >= 15 is 0 Å². The van der Waals surface area contributed by atoms with Gasteiger partial charge in [0.2, 0.25) is 5.91 Å². The van der Waals surface area contributed by atoms with Crippen molar-refractivity contribution >= 4 is 29.3 Å². The number of nitrogens with one attached hydrogen (secondary N) is 2. The first kappa shape index (κ1) is 22.6. The number of aryl methyl sites for hydroxylation is 4. The van der Waals surface area contributed by atoms with Gasteiger partial charge in [-0.05, 0) is 57.5 Å². The first-order valence-electron chi connectivity index (χ1n) is 10.3. The quantitative estimate of drug-likeness (QED) is 0.386. The lowest BCUT2D eigenvalue weighted by atomic mass is 10.2. The Morgan fingerprint density at radius 1 is 1.03 bits per heavy atom. The van der Waals surface area contributed by atoms with Gasteiger partial charge < -0.3 is 10.6 Å². The molecule has 1 heterocycles. The molecule has 0 fully saturated rings.